The van der Waals surface area contributed by atoms with Gasteiger partial charge in [-0.1, -0.05) is 47.5 Å². The van der Waals surface area contributed by atoms with Gasteiger partial charge in [-0.05, 0) is 48.0 Å². The number of esters is 1. The molecule has 0 aromatic heterocycles. The molecule has 8 heteroatoms. The molecular weight excluding hydrogens is 456 g/mol. The van der Waals surface area contributed by atoms with Crippen LogP contribution in [0.15, 0.2) is 71.4 Å². The largest absolute Gasteiger partial charge is 0.493 e. The minimum absolute atomic E-state index is 0.0487. The molecule has 4 rings (SSSR count). The molecule has 0 fully saturated rings. The van der Waals surface area contributed by atoms with Crippen LogP contribution in [0, 0.1) is 5.82 Å². The minimum atomic E-state index is -0.593. The average molecular weight is 472 g/mol. The molecule has 0 spiro atoms. The van der Waals surface area contributed by atoms with Gasteiger partial charge in [-0.3, -0.25) is 0 Å². The summed E-state index contributed by atoms with van der Waals surface area (Å²) in [5, 5.41) is 0.719. The van der Waals surface area contributed by atoms with Crippen molar-refractivity contribution in [2.24, 2.45) is 4.99 Å². The molecule has 0 saturated heterocycles. The van der Waals surface area contributed by atoms with Crippen molar-refractivity contribution < 1.29 is 23.4 Å². The Morgan fingerprint density at radius 1 is 1.03 bits per heavy atom. The maximum atomic E-state index is 13.8. The van der Waals surface area contributed by atoms with Crippen LogP contribution >= 0.6 is 23.2 Å². The molecule has 1 aliphatic heterocycles. The maximum absolute atomic E-state index is 13.8. The normalized spacial score (nSPS) is 14.3. The molecular formula is C24H16Cl2FNO4. The zero-order chi connectivity index (χ0) is 22.7. The topological polar surface area (TPSA) is 57.1 Å². The van der Waals surface area contributed by atoms with Crippen molar-refractivity contribution in [3.8, 4) is 11.5 Å². The lowest BCUT2D eigenvalue weighted by atomic mass is 10.1. The summed E-state index contributed by atoms with van der Waals surface area (Å²) in [5.41, 5.74) is 1.73. The highest BCUT2D eigenvalue weighted by molar-refractivity contribution is 6.42. The van der Waals surface area contributed by atoms with Gasteiger partial charge in [-0.25, -0.2) is 14.2 Å². The lowest BCUT2D eigenvalue weighted by Gasteiger charge is -2.12. The number of benzene rings is 3. The Hall–Kier alpha value is -3.35. The van der Waals surface area contributed by atoms with Crippen molar-refractivity contribution in [2.75, 3.05) is 7.11 Å². The first-order chi connectivity index (χ1) is 15.4. The van der Waals surface area contributed by atoms with Gasteiger partial charge in [0.25, 0.3) is 0 Å². The summed E-state index contributed by atoms with van der Waals surface area (Å²) in [4.78, 5) is 16.5. The van der Waals surface area contributed by atoms with Gasteiger partial charge in [-0.2, -0.15) is 0 Å². The van der Waals surface area contributed by atoms with Gasteiger partial charge in [0.2, 0.25) is 5.90 Å². The van der Waals surface area contributed by atoms with Gasteiger partial charge in [0.1, 0.15) is 12.4 Å². The predicted octanol–water partition coefficient (Wildman–Crippen LogP) is 6.06. The molecule has 0 amide bonds. The lowest BCUT2D eigenvalue weighted by Crippen LogP contribution is -2.05. The van der Waals surface area contributed by atoms with E-state index >= 15 is 0 Å². The summed E-state index contributed by atoms with van der Waals surface area (Å²) in [6, 6.07) is 16.3. The highest BCUT2D eigenvalue weighted by atomic mass is 35.5. The molecule has 5 nitrogen and oxygen atoms in total. The second-order valence-corrected chi connectivity index (χ2v) is 7.57. The minimum Gasteiger partial charge on any atom is -0.493 e. The summed E-state index contributed by atoms with van der Waals surface area (Å²) in [6.07, 6.45) is 1.57. The van der Waals surface area contributed by atoms with E-state index in [1.165, 1.54) is 13.2 Å². The fraction of sp³-hybridized carbons (Fsp3) is 0.0833. The number of aliphatic imine (C=N–C) groups is 1. The standard InChI is InChI=1S/C24H16Cl2FNO4/c1-30-22-11-14(6-9-21(22)31-13-16-4-2-3-5-19(16)27)10-20-24(29)32-23(28-20)15-7-8-17(25)18(26)12-15/h2-12H,13H2,1H3/b20-10-. The van der Waals surface area contributed by atoms with Crippen LogP contribution in [-0.4, -0.2) is 19.0 Å². The Labute approximate surface area is 193 Å². The average Bonchev–Trinajstić information content (AvgIpc) is 3.15. The number of cyclic esters (lactones) is 1. The van der Waals surface area contributed by atoms with Crippen LogP contribution in [0.5, 0.6) is 11.5 Å². The first-order valence-corrected chi connectivity index (χ1v) is 10.2. The van der Waals surface area contributed by atoms with E-state index in [1.54, 1.807) is 60.7 Å². The zero-order valence-corrected chi connectivity index (χ0v) is 18.3. The highest BCUT2D eigenvalue weighted by Crippen LogP contribution is 2.31. The quantitative estimate of drug-likeness (QED) is 0.323. The molecule has 3 aromatic carbocycles. The summed E-state index contributed by atoms with van der Waals surface area (Å²) in [6.45, 7) is 0.0487. The number of carbonyl (C=O) groups excluding carboxylic acids is 1. The van der Waals surface area contributed by atoms with E-state index in [0.717, 1.165) is 0 Å². The predicted molar refractivity (Wildman–Crippen MR) is 121 cm³/mol. The van der Waals surface area contributed by atoms with E-state index in [4.69, 9.17) is 37.4 Å². The van der Waals surface area contributed by atoms with E-state index in [2.05, 4.69) is 4.99 Å². The first-order valence-electron chi connectivity index (χ1n) is 9.47. The first kappa shape index (κ1) is 21.9. The SMILES string of the molecule is COc1cc(/C=C2\N=C(c3ccc(Cl)c(Cl)c3)OC2=O)ccc1OCc1ccccc1F. The molecule has 0 N–H and O–H groups in total. The van der Waals surface area contributed by atoms with Gasteiger partial charge in [-0.15, -0.1) is 0 Å². The third kappa shape index (κ3) is 4.77. The van der Waals surface area contributed by atoms with Crippen molar-refractivity contribution in [1.29, 1.82) is 0 Å². The van der Waals surface area contributed by atoms with Crippen LogP contribution in [0.4, 0.5) is 4.39 Å². The van der Waals surface area contributed by atoms with Crippen molar-refractivity contribution in [3.63, 3.8) is 0 Å². The van der Waals surface area contributed by atoms with E-state index in [9.17, 15) is 9.18 Å². The Morgan fingerprint density at radius 3 is 2.59 bits per heavy atom. The molecule has 1 heterocycles. The van der Waals surface area contributed by atoms with Crippen LogP contribution in [0.1, 0.15) is 16.7 Å². The van der Waals surface area contributed by atoms with Gasteiger partial charge < -0.3 is 14.2 Å². The zero-order valence-electron chi connectivity index (χ0n) is 16.8. The van der Waals surface area contributed by atoms with Crippen molar-refractivity contribution >= 4 is 41.1 Å². The monoisotopic (exact) mass is 471 g/mol. The van der Waals surface area contributed by atoms with Crippen LogP contribution < -0.4 is 9.47 Å². The third-order valence-corrected chi connectivity index (χ3v) is 5.36. The van der Waals surface area contributed by atoms with Crippen LogP contribution in [-0.2, 0) is 16.1 Å². The number of hydrogen-bond acceptors (Lipinski definition) is 5. The molecule has 32 heavy (non-hydrogen) atoms. The smallest absolute Gasteiger partial charge is 0.363 e. The van der Waals surface area contributed by atoms with Crippen molar-refractivity contribution in [3.05, 3.63) is 98.9 Å². The number of ether oxygens (including phenoxy) is 3. The number of nitrogens with zero attached hydrogens (tertiary/aromatic N) is 1. The van der Waals surface area contributed by atoms with E-state index in [-0.39, 0.29) is 24.0 Å². The molecule has 0 saturated carbocycles. The molecule has 162 valence electrons. The van der Waals surface area contributed by atoms with Gasteiger partial charge in [0.05, 0.1) is 17.2 Å². The number of carbonyl (C=O) groups is 1. The van der Waals surface area contributed by atoms with Gasteiger partial charge in [0.15, 0.2) is 17.2 Å². The summed E-state index contributed by atoms with van der Waals surface area (Å²) >= 11 is 12.0. The van der Waals surface area contributed by atoms with E-state index in [1.807, 2.05) is 0 Å². The molecule has 0 radical (unpaired) electrons. The van der Waals surface area contributed by atoms with E-state index in [0.29, 0.717) is 38.2 Å². The number of hydrogen-bond donors (Lipinski definition) is 0. The van der Waals surface area contributed by atoms with Crippen molar-refractivity contribution in [2.45, 2.75) is 6.61 Å². The highest BCUT2D eigenvalue weighted by Gasteiger charge is 2.24. The van der Waals surface area contributed by atoms with Crippen molar-refractivity contribution in [1.82, 2.24) is 0 Å². The molecule has 0 atom stereocenters. The molecule has 0 unspecified atom stereocenters. The summed E-state index contributed by atoms with van der Waals surface area (Å²) in [5.74, 6) is 0.0624. The third-order valence-electron chi connectivity index (χ3n) is 4.62. The molecule has 1 aliphatic rings. The van der Waals surface area contributed by atoms with E-state index < -0.39 is 5.97 Å². The summed E-state index contributed by atoms with van der Waals surface area (Å²) < 4.78 is 30.2. The summed E-state index contributed by atoms with van der Waals surface area (Å²) in [7, 11) is 1.49. The molecule has 0 bridgehead atoms. The maximum Gasteiger partial charge on any atom is 0.363 e. The second-order valence-electron chi connectivity index (χ2n) is 6.76. The fourth-order valence-corrected chi connectivity index (χ4v) is 3.28. The fourth-order valence-electron chi connectivity index (χ4n) is 2.98. The Kier molecular flexibility index (Phi) is 6.44. The van der Waals surface area contributed by atoms with Crippen LogP contribution in [0.2, 0.25) is 10.0 Å². The number of methoxy groups -OCH3 is 1. The van der Waals surface area contributed by atoms with Gasteiger partial charge >= 0.3 is 5.97 Å². The van der Waals surface area contributed by atoms with Crippen LogP contribution in [0.3, 0.4) is 0 Å². The van der Waals surface area contributed by atoms with Gasteiger partial charge in [0, 0.05) is 11.1 Å². The Bertz CT molecular complexity index is 1260. The van der Waals surface area contributed by atoms with Crippen LogP contribution in [0.25, 0.3) is 6.08 Å². The molecule has 3 aromatic rings. The number of halogens is 3. The Balaban J connectivity index is 1.55. The number of rotatable bonds is 6. The lowest BCUT2D eigenvalue weighted by molar-refractivity contribution is -0.129. The molecule has 0 aliphatic carbocycles. The Morgan fingerprint density at radius 2 is 1.84 bits per heavy atom. The second kappa shape index (κ2) is 9.42.